The molecule has 2 N–H and O–H groups in total. The van der Waals surface area contributed by atoms with Gasteiger partial charge in [-0.2, -0.15) is 11.3 Å². The lowest BCUT2D eigenvalue weighted by atomic mass is 9.95. The summed E-state index contributed by atoms with van der Waals surface area (Å²) >= 11 is 1.60. The van der Waals surface area contributed by atoms with Crippen LogP contribution in [0.4, 0.5) is 4.39 Å². The average molecular weight is 454 g/mol. The molecule has 7 heteroatoms. The van der Waals surface area contributed by atoms with E-state index in [0.717, 1.165) is 22.3 Å². The first-order valence-corrected chi connectivity index (χ1v) is 11.3. The molecular formula is C25H24FNO4S. The quantitative estimate of drug-likeness (QED) is 0.522. The van der Waals surface area contributed by atoms with Gasteiger partial charge in [-0.25, -0.2) is 4.39 Å². The van der Waals surface area contributed by atoms with E-state index in [1.807, 2.05) is 41.8 Å². The van der Waals surface area contributed by atoms with Gasteiger partial charge in [0.25, 0.3) is 5.91 Å². The third-order valence-electron chi connectivity index (χ3n) is 5.26. The molecule has 0 spiro atoms. The molecule has 1 aliphatic rings. The van der Waals surface area contributed by atoms with Crippen molar-refractivity contribution in [3.05, 3.63) is 105 Å². The molecule has 166 valence electrons. The Morgan fingerprint density at radius 2 is 1.81 bits per heavy atom. The molecule has 1 amide bonds. The molecule has 3 aromatic rings. The van der Waals surface area contributed by atoms with E-state index in [-0.39, 0.29) is 36.6 Å². The van der Waals surface area contributed by atoms with Gasteiger partial charge >= 0.3 is 0 Å². The number of aliphatic hydroxyl groups is 1. The van der Waals surface area contributed by atoms with Gasteiger partial charge in [-0.1, -0.05) is 36.4 Å². The van der Waals surface area contributed by atoms with Gasteiger partial charge in [-0.3, -0.25) is 4.79 Å². The SMILES string of the molecule is O=C(NCc1ccc(F)cc1)C1=C[C@@H](c2ccsc2)C[C@@H](OCc2ccc(CO)cc2)O1. The smallest absolute Gasteiger partial charge is 0.286 e. The molecule has 32 heavy (non-hydrogen) atoms. The first-order valence-electron chi connectivity index (χ1n) is 10.3. The maximum absolute atomic E-state index is 13.1. The Balaban J connectivity index is 1.42. The van der Waals surface area contributed by atoms with Crippen LogP contribution < -0.4 is 5.32 Å². The zero-order chi connectivity index (χ0) is 22.3. The summed E-state index contributed by atoms with van der Waals surface area (Å²) in [6.07, 6.45) is 1.85. The zero-order valence-corrected chi connectivity index (χ0v) is 18.2. The maximum Gasteiger partial charge on any atom is 0.286 e. The topological polar surface area (TPSA) is 67.8 Å². The summed E-state index contributed by atoms with van der Waals surface area (Å²) in [4.78, 5) is 12.8. The number of nitrogens with one attached hydrogen (secondary N) is 1. The van der Waals surface area contributed by atoms with Crippen molar-refractivity contribution in [2.45, 2.75) is 38.4 Å². The summed E-state index contributed by atoms with van der Waals surface area (Å²) < 4.78 is 25.0. The number of ether oxygens (including phenoxy) is 2. The lowest BCUT2D eigenvalue weighted by Gasteiger charge is -2.29. The van der Waals surface area contributed by atoms with Gasteiger partial charge < -0.3 is 19.9 Å². The fourth-order valence-corrected chi connectivity index (χ4v) is 4.16. The first-order chi connectivity index (χ1) is 15.6. The molecule has 4 rings (SSSR count). The number of aliphatic hydroxyl groups excluding tert-OH is 1. The summed E-state index contributed by atoms with van der Waals surface area (Å²) in [5.41, 5.74) is 3.70. The Bertz CT molecular complexity index is 1050. The van der Waals surface area contributed by atoms with Crippen molar-refractivity contribution in [2.24, 2.45) is 0 Å². The molecular weight excluding hydrogens is 429 g/mol. The number of amides is 1. The first kappa shape index (κ1) is 22.2. The monoisotopic (exact) mass is 453 g/mol. The van der Waals surface area contributed by atoms with Crippen LogP contribution in [0.3, 0.4) is 0 Å². The van der Waals surface area contributed by atoms with Gasteiger partial charge in [0, 0.05) is 18.9 Å². The second-order valence-corrected chi connectivity index (χ2v) is 8.35. The van der Waals surface area contributed by atoms with Gasteiger partial charge in [0.15, 0.2) is 5.76 Å². The minimum Gasteiger partial charge on any atom is -0.459 e. The molecule has 0 saturated heterocycles. The van der Waals surface area contributed by atoms with E-state index >= 15 is 0 Å². The number of thiophene rings is 1. The van der Waals surface area contributed by atoms with E-state index in [9.17, 15) is 14.3 Å². The molecule has 0 bridgehead atoms. The fraction of sp³-hybridized carbons (Fsp3) is 0.240. The van der Waals surface area contributed by atoms with Gasteiger partial charge in [0.1, 0.15) is 5.82 Å². The lowest BCUT2D eigenvalue weighted by Crippen LogP contribution is -2.32. The fourth-order valence-electron chi connectivity index (χ4n) is 3.44. The van der Waals surface area contributed by atoms with Crippen molar-refractivity contribution in [1.29, 1.82) is 0 Å². The van der Waals surface area contributed by atoms with Gasteiger partial charge in [0.2, 0.25) is 6.29 Å². The molecule has 0 radical (unpaired) electrons. The standard InChI is InChI=1S/C25H24FNO4S/c26-22-7-5-17(6-8-22)13-27-25(29)23-11-21(20-9-10-32-16-20)12-24(31-23)30-15-19-3-1-18(14-28)2-4-19/h1-11,16,21,24,28H,12-15H2,(H,27,29)/t21-,24+/m1/s1. The number of hydrogen-bond acceptors (Lipinski definition) is 5. The predicted octanol–water partition coefficient (Wildman–Crippen LogP) is 4.63. The summed E-state index contributed by atoms with van der Waals surface area (Å²) in [5, 5.41) is 16.1. The number of carbonyl (C=O) groups excluding carboxylic acids is 1. The van der Waals surface area contributed by atoms with Crippen LogP contribution in [0.5, 0.6) is 0 Å². The van der Waals surface area contributed by atoms with Crippen LogP contribution >= 0.6 is 11.3 Å². The normalized spacial score (nSPS) is 18.0. The highest BCUT2D eigenvalue weighted by Crippen LogP contribution is 2.33. The number of carbonyl (C=O) groups is 1. The summed E-state index contributed by atoms with van der Waals surface area (Å²) in [5.74, 6) is -0.434. The van der Waals surface area contributed by atoms with Crippen molar-refractivity contribution in [2.75, 3.05) is 0 Å². The average Bonchev–Trinajstić information content (AvgIpc) is 3.37. The lowest BCUT2D eigenvalue weighted by molar-refractivity contribution is -0.150. The van der Waals surface area contributed by atoms with E-state index in [1.165, 1.54) is 12.1 Å². The van der Waals surface area contributed by atoms with E-state index in [2.05, 4.69) is 10.7 Å². The molecule has 1 aliphatic heterocycles. The van der Waals surface area contributed by atoms with E-state index in [0.29, 0.717) is 13.0 Å². The highest BCUT2D eigenvalue weighted by molar-refractivity contribution is 7.08. The van der Waals surface area contributed by atoms with E-state index in [4.69, 9.17) is 9.47 Å². The number of rotatable bonds is 8. The zero-order valence-electron chi connectivity index (χ0n) is 17.4. The number of benzene rings is 2. The Hall–Kier alpha value is -3.00. The van der Waals surface area contributed by atoms with Gasteiger partial charge in [0.05, 0.1) is 13.2 Å². The molecule has 1 aromatic heterocycles. The predicted molar refractivity (Wildman–Crippen MR) is 120 cm³/mol. The van der Waals surface area contributed by atoms with E-state index < -0.39 is 6.29 Å². The van der Waals surface area contributed by atoms with Crippen molar-refractivity contribution >= 4 is 17.2 Å². The Kier molecular flexibility index (Phi) is 7.32. The molecule has 0 aliphatic carbocycles. The highest BCUT2D eigenvalue weighted by atomic mass is 32.1. The molecule has 2 aromatic carbocycles. The Morgan fingerprint density at radius 3 is 2.50 bits per heavy atom. The molecule has 0 unspecified atom stereocenters. The maximum atomic E-state index is 13.1. The van der Waals surface area contributed by atoms with Crippen LogP contribution in [-0.2, 0) is 34.0 Å². The van der Waals surface area contributed by atoms with Crippen LogP contribution in [0.2, 0.25) is 0 Å². The third-order valence-corrected chi connectivity index (χ3v) is 5.96. The molecule has 2 heterocycles. The van der Waals surface area contributed by atoms with E-state index in [1.54, 1.807) is 23.5 Å². The Morgan fingerprint density at radius 1 is 1.09 bits per heavy atom. The van der Waals surface area contributed by atoms with Crippen LogP contribution in [0, 0.1) is 5.82 Å². The Labute approximate surface area is 190 Å². The van der Waals surface area contributed by atoms with Crippen molar-refractivity contribution in [3.8, 4) is 0 Å². The molecule has 0 saturated carbocycles. The summed E-state index contributed by atoms with van der Waals surface area (Å²) in [7, 11) is 0. The third kappa shape index (κ3) is 5.82. The van der Waals surface area contributed by atoms with Crippen LogP contribution in [-0.4, -0.2) is 17.3 Å². The second-order valence-electron chi connectivity index (χ2n) is 7.57. The second kappa shape index (κ2) is 10.5. The summed E-state index contributed by atoms with van der Waals surface area (Å²) in [6.45, 7) is 0.596. The summed E-state index contributed by atoms with van der Waals surface area (Å²) in [6, 6.07) is 15.5. The van der Waals surface area contributed by atoms with Crippen LogP contribution in [0.15, 0.2) is 77.2 Å². The molecule has 0 fully saturated rings. The largest absolute Gasteiger partial charge is 0.459 e. The van der Waals surface area contributed by atoms with Crippen molar-refractivity contribution < 1.29 is 23.8 Å². The molecule has 5 nitrogen and oxygen atoms in total. The minimum atomic E-state index is -0.575. The highest BCUT2D eigenvalue weighted by Gasteiger charge is 2.29. The number of hydrogen-bond donors (Lipinski definition) is 2. The number of allylic oxidation sites excluding steroid dienone is 1. The molecule has 2 atom stereocenters. The van der Waals surface area contributed by atoms with Crippen LogP contribution in [0.25, 0.3) is 0 Å². The number of halogens is 1. The van der Waals surface area contributed by atoms with Crippen molar-refractivity contribution in [3.63, 3.8) is 0 Å². The van der Waals surface area contributed by atoms with Crippen LogP contribution in [0.1, 0.15) is 34.6 Å². The van der Waals surface area contributed by atoms with Crippen molar-refractivity contribution in [1.82, 2.24) is 5.32 Å². The minimum absolute atomic E-state index is 0.00309. The van der Waals surface area contributed by atoms with Gasteiger partial charge in [-0.05, 0) is 57.3 Å². The van der Waals surface area contributed by atoms with Gasteiger partial charge in [-0.15, -0.1) is 0 Å².